The van der Waals surface area contributed by atoms with Gasteiger partial charge in [0.15, 0.2) is 6.61 Å². The van der Waals surface area contributed by atoms with Gasteiger partial charge in [0.05, 0.1) is 22.5 Å². The maximum atomic E-state index is 12.1. The van der Waals surface area contributed by atoms with Gasteiger partial charge >= 0.3 is 0 Å². The summed E-state index contributed by atoms with van der Waals surface area (Å²) in [7, 11) is 2.19. The number of hydrogen-bond donors (Lipinski definition) is 2. The highest BCUT2D eigenvalue weighted by Crippen LogP contribution is 2.41. The number of aryl methyl sites for hydroxylation is 1. The number of carbonyl (C=O) groups excluding carboxylic acids is 1. The molecule has 2 N–H and O–H groups in total. The minimum absolute atomic E-state index is 0.147. The van der Waals surface area contributed by atoms with Crippen molar-refractivity contribution < 1.29 is 9.63 Å². The second-order valence-corrected chi connectivity index (χ2v) is 11.4. The number of anilines is 1. The molecule has 1 fully saturated rings. The first-order valence-electron chi connectivity index (χ1n) is 13.2. The lowest BCUT2D eigenvalue weighted by atomic mass is 10.0. The van der Waals surface area contributed by atoms with E-state index in [1.54, 1.807) is 17.6 Å². The van der Waals surface area contributed by atoms with Crippen molar-refractivity contribution in [1.29, 1.82) is 0 Å². The molecule has 0 bridgehead atoms. The number of likely N-dealkylation sites (N-methyl/N-ethyl adjacent to an activating group) is 1. The summed E-state index contributed by atoms with van der Waals surface area (Å²) in [5, 5.41) is 14.7. The van der Waals surface area contributed by atoms with E-state index in [0.29, 0.717) is 0 Å². The molecule has 0 radical (unpaired) electrons. The Morgan fingerprint density at radius 3 is 2.87 bits per heavy atom. The molecule has 2 aliphatic rings. The number of aromatic amines is 1. The van der Waals surface area contributed by atoms with Gasteiger partial charge < -0.3 is 15.1 Å². The second-order valence-electron chi connectivity index (χ2n) is 10.3. The van der Waals surface area contributed by atoms with Gasteiger partial charge in [0.2, 0.25) is 0 Å². The fourth-order valence-corrected chi connectivity index (χ4v) is 6.10. The zero-order chi connectivity index (χ0) is 26.8. The summed E-state index contributed by atoms with van der Waals surface area (Å²) in [6, 6.07) is 18.6. The van der Waals surface area contributed by atoms with Crippen LogP contribution < -0.4 is 5.32 Å². The van der Waals surface area contributed by atoms with Crippen LogP contribution in [0.3, 0.4) is 0 Å². The Balaban J connectivity index is 1.06. The molecule has 1 aliphatic heterocycles. The van der Waals surface area contributed by atoms with E-state index >= 15 is 0 Å². The molecule has 1 saturated heterocycles. The predicted octanol–water partition coefficient (Wildman–Crippen LogP) is 4.75. The van der Waals surface area contributed by atoms with Crippen LogP contribution >= 0.6 is 11.3 Å². The smallest absolute Gasteiger partial charge is 0.265 e. The summed E-state index contributed by atoms with van der Waals surface area (Å²) in [5.74, 6) is -0.246. The highest BCUT2D eigenvalue weighted by atomic mass is 32.1. The average Bonchev–Trinajstić information content (AvgIpc) is 3.63. The van der Waals surface area contributed by atoms with Gasteiger partial charge in [0.25, 0.3) is 5.91 Å². The highest BCUT2D eigenvalue weighted by molar-refractivity contribution is 7.17. The van der Waals surface area contributed by atoms with Crippen molar-refractivity contribution >= 4 is 29.1 Å². The summed E-state index contributed by atoms with van der Waals surface area (Å²) in [6.07, 6.45) is 2.53. The third-order valence-electron chi connectivity index (χ3n) is 7.29. The van der Waals surface area contributed by atoms with E-state index in [1.165, 1.54) is 22.3 Å². The van der Waals surface area contributed by atoms with Crippen molar-refractivity contribution in [2.24, 2.45) is 5.16 Å². The van der Waals surface area contributed by atoms with E-state index < -0.39 is 0 Å². The number of piperazine rings is 1. The minimum Gasteiger partial charge on any atom is -0.386 e. The summed E-state index contributed by atoms with van der Waals surface area (Å²) in [4.78, 5) is 24.3. The summed E-state index contributed by atoms with van der Waals surface area (Å²) in [6.45, 7) is 7.34. The number of fused-ring (bicyclic) bond motifs is 3. The van der Waals surface area contributed by atoms with Gasteiger partial charge in [-0.25, -0.2) is 0 Å². The molecule has 39 heavy (non-hydrogen) atoms. The monoisotopic (exact) mass is 540 g/mol. The molecule has 2 aromatic heterocycles. The summed E-state index contributed by atoms with van der Waals surface area (Å²) in [5.41, 5.74) is 9.14. The Hall–Kier alpha value is -3.79. The molecule has 3 heterocycles. The molecule has 0 saturated carbocycles. The van der Waals surface area contributed by atoms with E-state index in [2.05, 4.69) is 61.8 Å². The summed E-state index contributed by atoms with van der Waals surface area (Å²) < 4.78 is 0. The van der Waals surface area contributed by atoms with Gasteiger partial charge in [-0.3, -0.25) is 14.8 Å². The van der Waals surface area contributed by atoms with Crippen LogP contribution in [0.25, 0.3) is 21.8 Å². The fourth-order valence-electron chi connectivity index (χ4n) is 5.20. The van der Waals surface area contributed by atoms with E-state index in [4.69, 9.17) is 4.84 Å². The molecule has 8 nitrogen and oxygen atoms in total. The fraction of sp³-hybridized carbons (Fsp3) is 0.300. The first-order valence-corrected chi connectivity index (χ1v) is 14.1. The van der Waals surface area contributed by atoms with Gasteiger partial charge in [-0.05, 0) is 54.9 Å². The van der Waals surface area contributed by atoms with Crippen molar-refractivity contribution in [3.05, 3.63) is 81.7 Å². The van der Waals surface area contributed by atoms with Crippen LogP contribution in [0.5, 0.6) is 0 Å². The van der Waals surface area contributed by atoms with Crippen molar-refractivity contribution in [3.8, 4) is 21.8 Å². The van der Waals surface area contributed by atoms with Gasteiger partial charge in [-0.15, -0.1) is 11.3 Å². The SMILES string of the molecule is Cc1cccc(NC(=O)CO/N=C/c2ccc(-c3[nH]nc4c3Cc3cc(CN5CCN(C)CC5)ccc3-4)s2)c1. The molecule has 0 atom stereocenters. The van der Waals surface area contributed by atoms with E-state index in [-0.39, 0.29) is 12.5 Å². The van der Waals surface area contributed by atoms with Gasteiger partial charge in [0, 0.05) is 60.8 Å². The van der Waals surface area contributed by atoms with Crippen LogP contribution in [0.1, 0.15) is 27.1 Å². The van der Waals surface area contributed by atoms with Crippen molar-refractivity contribution in [3.63, 3.8) is 0 Å². The van der Waals surface area contributed by atoms with Crippen LogP contribution in [-0.4, -0.2) is 72.0 Å². The Labute approximate surface area is 232 Å². The number of benzene rings is 2. The molecule has 200 valence electrons. The van der Waals surface area contributed by atoms with Crippen molar-refractivity contribution in [1.82, 2.24) is 20.0 Å². The largest absolute Gasteiger partial charge is 0.386 e. The van der Waals surface area contributed by atoms with Gasteiger partial charge in [-0.1, -0.05) is 35.5 Å². The van der Waals surface area contributed by atoms with Gasteiger partial charge in [0.1, 0.15) is 0 Å². The molecule has 9 heteroatoms. The first-order chi connectivity index (χ1) is 19.0. The lowest BCUT2D eigenvalue weighted by Crippen LogP contribution is -2.43. The number of nitrogens with one attached hydrogen (secondary N) is 2. The highest BCUT2D eigenvalue weighted by Gasteiger charge is 2.26. The summed E-state index contributed by atoms with van der Waals surface area (Å²) >= 11 is 1.61. The van der Waals surface area contributed by atoms with Crippen molar-refractivity contribution in [2.45, 2.75) is 19.9 Å². The number of hydrogen-bond acceptors (Lipinski definition) is 7. The minimum atomic E-state index is -0.246. The molecule has 0 spiro atoms. The standard InChI is InChI=1S/C30H32N6O2S/c1-20-4-3-5-23(14-20)32-28(37)19-38-31-17-24-7-9-27(39-24)30-26-16-22-15-21(6-8-25(22)29(26)33-34-30)18-36-12-10-35(2)11-13-36/h3-9,14-15,17H,10-13,16,18-19H2,1-2H3,(H,32,37)(H,33,34)/b31-17+. The Morgan fingerprint density at radius 1 is 1.15 bits per heavy atom. The number of oxime groups is 1. The Morgan fingerprint density at radius 2 is 2.03 bits per heavy atom. The maximum absolute atomic E-state index is 12.1. The Bertz CT molecular complexity index is 1520. The van der Waals surface area contributed by atoms with Crippen LogP contribution in [0.4, 0.5) is 5.69 Å². The molecule has 4 aromatic rings. The van der Waals surface area contributed by atoms with Gasteiger partial charge in [-0.2, -0.15) is 5.10 Å². The Kier molecular flexibility index (Phi) is 7.28. The third kappa shape index (κ3) is 5.80. The zero-order valence-electron chi connectivity index (χ0n) is 22.2. The third-order valence-corrected chi connectivity index (χ3v) is 8.32. The maximum Gasteiger partial charge on any atom is 0.265 e. The van der Waals surface area contributed by atoms with Crippen molar-refractivity contribution in [2.75, 3.05) is 45.2 Å². The number of thiophene rings is 1. The molecule has 0 unspecified atom stereocenters. The topological polar surface area (TPSA) is 85.8 Å². The molecule has 1 aliphatic carbocycles. The van der Waals surface area contributed by atoms with Crippen LogP contribution in [0.15, 0.2) is 59.8 Å². The lowest BCUT2D eigenvalue weighted by molar-refractivity contribution is -0.120. The van der Waals surface area contributed by atoms with Crippen LogP contribution in [-0.2, 0) is 22.6 Å². The molecule has 2 aromatic carbocycles. The van der Waals surface area contributed by atoms with E-state index in [9.17, 15) is 4.79 Å². The van der Waals surface area contributed by atoms with Crippen LogP contribution in [0.2, 0.25) is 0 Å². The van der Waals surface area contributed by atoms with E-state index in [1.807, 2.05) is 37.3 Å². The number of H-pyrrole nitrogens is 1. The molecule has 6 rings (SSSR count). The number of nitrogens with zero attached hydrogens (tertiary/aromatic N) is 4. The molecular formula is C30H32N6O2S. The van der Waals surface area contributed by atoms with E-state index in [0.717, 1.165) is 71.5 Å². The second kappa shape index (κ2) is 11.1. The normalized spacial score (nSPS) is 15.4. The van der Waals surface area contributed by atoms with Crippen LogP contribution in [0, 0.1) is 6.92 Å². The molecular weight excluding hydrogens is 508 g/mol. The molecule has 1 amide bonds. The number of rotatable bonds is 8. The lowest BCUT2D eigenvalue weighted by Gasteiger charge is -2.32. The quantitative estimate of drug-likeness (QED) is 0.219. The number of amides is 1. The average molecular weight is 541 g/mol. The number of aromatic nitrogens is 2. The number of carbonyl (C=O) groups is 1. The predicted molar refractivity (Wildman–Crippen MR) is 156 cm³/mol. The zero-order valence-corrected chi connectivity index (χ0v) is 23.1. The first kappa shape index (κ1) is 25.5.